The highest BCUT2D eigenvalue weighted by molar-refractivity contribution is 6.37. The zero-order chi connectivity index (χ0) is 23.6. The monoisotopic (exact) mass is 450 g/mol. The van der Waals surface area contributed by atoms with E-state index in [2.05, 4.69) is 13.0 Å². The topological polar surface area (TPSA) is 42.3 Å². The van der Waals surface area contributed by atoms with Crippen LogP contribution in [-0.2, 0) is 16.6 Å². The lowest BCUT2D eigenvalue weighted by Gasteiger charge is -2.06. The number of amides is 2. The Hall–Kier alpha value is -2.36. The Balaban J connectivity index is 1.46. The number of likely N-dealkylation sites (N-methyl/N-ethyl adjacent to an activating group) is 1. The summed E-state index contributed by atoms with van der Waals surface area (Å²) in [6.45, 7) is 2.27. The molecule has 1 aromatic heterocycles. The van der Waals surface area contributed by atoms with Gasteiger partial charge < -0.3 is 4.57 Å². The molecule has 0 N–H and O–H groups in total. The number of aromatic nitrogens is 1. The number of hydrogen-bond acceptors (Lipinski definition) is 2. The first-order chi connectivity index (χ1) is 16.1. The molecule has 3 rings (SSSR count). The van der Waals surface area contributed by atoms with Gasteiger partial charge in [-0.3, -0.25) is 14.5 Å². The van der Waals surface area contributed by atoms with Crippen molar-refractivity contribution in [2.45, 2.75) is 96.8 Å². The summed E-state index contributed by atoms with van der Waals surface area (Å²) in [6, 6.07) is 8.08. The Morgan fingerprint density at radius 1 is 0.697 bits per heavy atom. The third-order valence-corrected chi connectivity index (χ3v) is 7.08. The van der Waals surface area contributed by atoms with Crippen LogP contribution in [0.4, 0.5) is 0 Å². The molecule has 0 atom stereocenters. The van der Waals surface area contributed by atoms with Crippen LogP contribution in [0.2, 0.25) is 0 Å². The summed E-state index contributed by atoms with van der Waals surface area (Å²) in [6.07, 6.45) is 19.6. The molecule has 0 unspecified atom stereocenters. The first-order valence-corrected chi connectivity index (χ1v) is 13.2. The van der Waals surface area contributed by atoms with Gasteiger partial charge in [-0.1, -0.05) is 102 Å². The van der Waals surface area contributed by atoms with Crippen molar-refractivity contribution in [1.82, 2.24) is 9.47 Å². The molecule has 2 heterocycles. The van der Waals surface area contributed by atoms with Crippen LogP contribution in [-0.4, -0.2) is 28.3 Å². The Kier molecular flexibility index (Phi) is 9.77. The standard InChI is InChI=1S/C29H42N2O2/c1-4-5-6-7-8-9-10-11-12-13-14-15-16-20-24-27(29(33)31(3)28(24)32)25-22-30(2)26-21-18-17-19-23(25)26/h17-19,21-22H,4-16,20H2,1-3H3. The van der Waals surface area contributed by atoms with Crippen LogP contribution in [0.1, 0.15) is 102 Å². The van der Waals surface area contributed by atoms with Gasteiger partial charge in [-0.25, -0.2) is 0 Å². The zero-order valence-electron chi connectivity index (χ0n) is 21.0. The van der Waals surface area contributed by atoms with Crippen LogP contribution >= 0.6 is 0 Å². The molecule has 0 radical (unpaired) electrons. The predicted molar refractivity (Wildman–Crippen MR) is 138 cm³/mol. The SMILES string of the molecule is CCCCCCCCCCCCCCCC1=C(c2cn(C)c3ccccc23)C(=O)N(C)C1=O. The Bertz CT molecular complexity index is 969. The molecule has 0 aliphatic carbocycles. The molecule has 2 aromatic rings. The highest BCUT2D eigenvalue weighted by Gasteiger charge is 2.36. The van der Waals surface area contributed by atoms with Crippen LogP contribution in [0.25, 0.3) is 16.5 Å². The third-order valence-electron chi connectivity index (χ3n) is 7.08. The summed E-state index contributed by atoms with van der Waals surface area (Å²) in [5.74, 6) is -0.289. The minimum absolute atomic E-state index is 0.123. The highest BCUT2D eigenvalue weighted by Crippen LogP contribution is 2.36. The summed E-state index contributed by atoms with van der Waals surface area (Å²) >= 11 is 0. The number of carbonyl (C=O) groups excluding carboxylic acids is 2. The van der Waals surface area contributed by atoms with Gasteiger partial charge in [-0.15, -0.1) is 0 Å². The van der Waals surface area contributed by atoms with Gasteiger partial charge >= 0.3 is 0 Å². The Labute approximate surface area is 200 Å². The van der Waals surface area contributed by atoms with Gasteiger partial charge in [-0.05, 0) is 18.9 Å². The summed E-state index contributed by atoms with van der Waals surface area (Å²) in [5.41, 5.74) is 3.27. The number of rotatable bonds is 15. The summed E-state index contributed by atoms with van der Waals surface area (Å²) in [4.78, 5) is 27.1. The van der Waals surface area contributed by atoms with Crippen molar-refractivity contribution in [2.75, 3.05) is 7.05 Å². The fourth-order valence-corrected chi connectivity index (χ4v) is 5.07. The summed E-state index contributed by atoms with van der Waals surface area (Å²) in [5, 5.41) is 1.04. The van der Waals surface area contributed by atoms with Gasteiger partial charge in [0.1, 0.15) is 0 Å². The number of hydrogen-bond donors (Lipinski definition) is 0. The molecule has 0 saturated heterocycles. The number of fused-ring (bicyclic) bond motifs is 1. The Morgan fingerprint density at radius 3 is 1.85 bits per heavy atom. The molecule has 33 heavy (non-hydrogen) atoms. The van der Waals surface area contributed by atoms with E-state index in [0.29, 0.717) is 17.6 Å². The van der Waals surface area contributed by atoms with Crippen molar-refractivity contribution in [3.63, 3.8) is 0 Å². The number of benzene rings is 1. The molecule has 4 nitrogen and oxygen atoms in total. The van der Waals surface area contributed by atoms with E-state index in [0.717, 1.165) is 29.3 Å². The van der Waals surface area contributed by atoms with Gasteiger partial charge in [0.2, 0.25) is 0 Å². The van der Waals surface area contributed by atoms with E-state index in [1.807, 2.05) is 36.0 Å². The molecule has 1 aromatic carbocycles. The van der Waals surface area contributed by atoms with E-state index in [9.17, 15) is 9.59 Å². The maximum absolute atomic E-state index is 13.0. The van der Waals surface area contributed by atoms with Crippen molar-refractivity contribution in [3.05, 3.63) is 41.6 Å². The number of nitrogens with zero attached hydrogens (tertiary/aromatic N) is 2. The quantitative estimate of drug-likeness (QED) is 0.209. The second-order valence-corrected chi connectivity index (χ2v) is 9.69. The zero-order valence-corrected chi connectivity index (χ0v) is 21.0. The largest absolute Gasteiger partial charge is 0.350 e. The van der Waals surface area contributed by atoms with E-state index in [1.165, 1.54) is 75.5 Å². The maximum Gasteiger partial charge on any atom is 0.261 e. The van der Waals surface area contributed by atoms with E-state index in [4.69, 9.17) is 0 Å². The lowest BCUT2D eigenvalue weighted by Crippen LogP contribution is -2.26. The fourth-order valence-electron chi connectivity index (χ4n) is 5.07. The van der Waals surface area contributed by atoms with Gasteiger partial charge in [0.15, 0.2) is 0 Å². The van der Waals surface area contributed by atoms with E-state index >= 15 is 0 Å². The maximum atomic E-state index is 13.0. The first-order valence-electron chi connectivity index (χ1n) is 13.2. The molecule has 0 fully saturated rings. The number of para-hydroxylation sites is 1. The van der Waals surface area contributed by atoms with Gasteiger partial charge in [0.05, 0.1) is 5.57 Å². The lowest BCUT2D eigenvalue weighted by atomic mass is 9.96. The van der Waals surface area contributed by atoms with Gasteiger partial charge in [0, 0.05) is 42.3 Å². The van der Waals surface area contributed by atoms with Crippen molar-refractivity contribution in [1.29, 1.82) is 0 Å². The molecule has 0 saturated carbocycles. The van der Waals surface area contributed by atoms with Crippen LogP contribution in [0.5, 0.6) is 0 Å². The molecule has 0 spiro atoms. The first kappa shape index (κ1) is 25.3. The summed E-state index contributed by atoms with van der Waals surface area (Å²) in [7, 11) is 3.59. The molecular weight excluding hydrogens is 408 g/mol. The van der Waals surface area contributed by atoms with Crippen LogP contribution < -0.4 is 0 Å². The van der Waals surface area contributed by atoms with Crippen molar-refractivity contribution in [2.24, 2.45) is 7.05 Å². The molecular formula is C29H42N2O2. The highest BCUT2D eigenvalue weighted by atomic mass is 16.2. The van der Waals surface area contributed by atoms with Gasteiger partial charge in [0.25, 0.3) is 11.8 Å². The second kappa shape index (κ2) is 12.8. The smallest absolute Gasteiger partial charge is 0.261 e. The normalized spacial score (nSPS) is 14.3. The number of unbranched alkanes of at least 4 members (excludes halogenated alkanes) is 12. The van der Waals surface area contributed by atoms with Crippen LogP contribution in [0.15, 0.2) is 36.0 Å². The molecule has 180 valence electrons. The Morgan fingerprint density at radius 2 is 1.24 bits per heavy atom. The minimum atomic E-state index is -0.166. The van der Waals surface area contributed by atoms with Crippen LogP contribution in [0, 0.1) is 0 Å². The molecule has 4 heteroatoms. The predicted octanol–water partition coefficient (Wildman–Crippen LogP) is 7.41. The number of imide groups is 1. The fraction of sp³-hybridized carbons (Fsp3) is 0.586. The average molecular weight is 451 g/mol. The molecule has 1 aliphatic heterocycles. The molecule has 0 bridgehead atoms. The molecule has 2 amide bonds. The average Bonchev–Trinajstić information content (AvgIpc) is 3.26. The van der Waals surface area contributed by atoms with E-state index in [-0.39, 0.29) is 11.8 Å². The van der Waals surface area contributed by atoms with Crippen molar-refractivity contribution in [3.8, 4) is 0 Å². The second-order valence-electron chi connectivity index (χ2n) is 9.69. The van der Waals surface area contributed by atoms with Gasteiger partial charge in [-0.2, -0.15) is 0 Å². The lowest BCUT2D eigenvalue weighted by molar-refractivity contribution is -0.135. The summed E-state index contributed by atoms with van der Waals surface area (Å²) < 4.78 is 2.04. The molecule has 1 aliphatic rings. The van der Waals surface area contributed by atoms with E-state index in [1.54, 1.807) is 7.05 Å². The van der Waals surface area contributed by atoms with E-state index < -0.39 is 0 Å². The van der Waals surface area contributed by atoms with Crippen molar-refractivity contribution < 1.29 is 9.59 Å². The minimum Gasteiger partial charge on any atom is -0.350 e. The number of aryl methyl sites for hydroxylation is 1. The van der Waals surface area contributed by atoms with Crippen molar-refractivity contribution >= 4 is 28.3 Å². The van der Waals surface area contributed by atoms with Crippen LogP contribution in [0.3, 0.4) is 0 Å². The third kappa shape index (κ3) is 6.37. The number of carbonyl (C=O) groups is 2.